The Kier molecular flexibility index (Phi) is 3.61. The maximum Gasteiger partial charge on any atom is 0.419 e. The van der Waals surface area contributed by atoms with Gasteiger partial charge in [0, 0.05) is 19.3 Å². The Hall–Kier alpha value is -2.22. The molecule has 5 nitrogen and oxygen atoms in total. The minimum atomic E-state index is -0.371. The predicted octanol–water partition coefficient (Wildman–Crippen LogP) is 2.34. The van der Waals surface area contributed by atoms with Gasteiger partial charge >= 0.3 is 5.76 Å². The Bertz CT molecular complexity index is 676. The molecule has 0 spiro atoms. The van der Waals surface area contributed by atoms with Crippen LogP contribution in [-0.4, -0.2) is 11.1 Å². The number of oxazole rings is 1. The summed E-state index contributed by atoms with van der Waals surface area (Å²) in [5, 5.41) is 12.3. The average Bonchev–Trinajstić information content (AvgIpc) is 2.66. The molecule has 100 valence electrons. The number of anilines is 1. The van der Waals surface area contributed by atoms with Gasteiger partial charge in [-0.3, -0.25) is 4.57 Å². The standard InChI is InChI=1S/C14H17N3O2/c1-9(2)10(7-15)8-16-11-4-5-13-12(6-11)17(3)14(18)19-13/h4-6,9-10,16H,8H2,1-3H3. The zero-order valence-corrected chi connectivity index (χ0v) is 11.3. The highest BCUT2D eigenvalue weighted by atomic mass is 16.4. The van der Waals surface area contributed by atoms with Crippen molar-refractivity contribution in [3.8, 4) is 6.07 Å². The number of hydrogen-bond acceptors (Lipinski definition) is 4. The number of aryl methyl sites for hydroxylation is 1. The van der Waals surface area contributed by atoms with Crippen LogP contribution in [-0.2, 0) is 7.05 Å². The number of hydrogen-bond donors (Lipinski definition) is 1. The minimum Gasteiger partial charge on any atom is -0.408 e. The lowest BCUT2D eigenvalue weighted by molar-refractivity contribution is 0.496. The average molecular weight is 259 g/mol. The number of fused-ring (bicyclic) bond motifs is 1. The van der Waals surface area contributed by atoms with Crippen LogP contribution in [0.1, 0.15) is 13.8 Å². The van der Waals surface area contributed by atoms with E-state index in [1.54, 1.807) is 13.1 Å². The van der Waals surface area contributed by atoms with Crippen LogP contribution in [0.5, 0.6) is 0 Å². The quantitative estimate of drug-likeness (QED) is 0.914. The summed E-state index contributed by atoms with van der Waals surface area (Å²) in [5.41, 5.74) is 2.19. The van der Waals surface area contributed by atoms with E-state index in [1.165, 1.54) is 4.57 Å². The molecule has 0 aliphatic rings. The summed E-state index contributed by atoms with van der Waals surface area (Å²) in [6, 6.07) is 7.75. The van der Waals surface area contributed by atoms with E-state index in [1.807, 2.05) is 26.0 Å². The molecule has 0 amide bonds. The smallest absolute Gasteiger partial charge is 0.408 e. The largest absolute Gasteiger partial charge is 0.419 e. The first-order valence-electron chi connectivity index (χ1n) is 6.26. The molecule has 0 bridgehead atoms. The molecule has 1 aromatic heterocycles. The number of nitrogens with zero attached hydrogens (tertiary/aromatic N) is 2. The van der Waals surface area contributed by atoms with Crippen molar-refractivity contribution < 1.29 is 4.42 Å². The van der Waals surface area contributed by atoms with Gasteiger partial charge in [-0.1, -0.05) is 13.8 Å². The summed E-state index contributed by atoms with van der Waals surface area (Å²) < 4.78 is 6.53. The van der Waals surface area contributed by atoms with Gasteiger partial charge in [0.15, 0.2) is 5.58 Å². The fourth-order valence-electron chi connectivity index (χ4n) is 1.89. The van der Waals surface area contributed by atoms with Crippen LogP contribution in [0.2, 0.25) is 0 Å². The molecular formula is C14H17N3O2. The molecule has 1 unspecified atom stereocenters. The van der Waals surface area contributed by atoms with E-state index in [2.05, 4.69) is 11.4 Å². The Morgan fingerprint density at radius 3 is 2.84 bits per heavy atom. The molecule has 19 heavy (non-hydrogen) atoms. The fraction of sp³-hybridized carbons (Fsp3) is 0.429. The van der Waals surface area contributed by atoms with Crippen LogP contribution in [0, 0.1) is 23.2 Å². The first-order chi connectivity index (χ1) is 9.02. The second-order valence-corrected chi connectivity index (χ2v) is 4.97. The van der Waals surface area contributed by atoms with E-state index in [0.29, 0.717) is 18.0 Å². The predicted molar refractivity (Wildman–Crippen MR) is 73.9 cm³/mol. The molecule has 0 aliphatic heterocycles. The van der Waals surface area contributed by atoms with E-state index in [0.717, 1.165) is 11.2 Å². The summed E-state index contributed by atoms with van der Waals surface area (Å²) in [5.74, 6) is -0.104. The number of aromatic nitrogens is 1. The second-order valence-electron chi connectivity index (χ2n) is 4.97. The normalized spacial score (nSPS) is 12.6. The van der Waals surface area contributed by atoms with Crippen molar-refractivity contribution in [1.29, 1.82) is 5.26 Å². The summed E-state index contributed by atoms with van der Waals surface area (Å²) >= 11 is 0. The van der Waals surface area contributed by atoms with Crippen LogP contribution < -0.4 is 11.1 Å². The molecule has 2 aromatic rings. The zero-order valence-electron chi connectivity index (χ0n) is 11.3. The third kappa shape index (κ3) is 2.63. The van der Waals surface area contributed by atoms with E-state index < -0.39 is 0 Å². The lowest BCUT2D eigenvalue weighted by atomic mass is 9.97. The monoisotopic (exact) mass is 259 g/mol. The van der Waals surface area contributed by atoms with Crippen molar-refractivity contribution >= 4 is 16.8 Å². The fourth-order valence-corrected chi connectivity index (χ4v) is 1.89. The molecule has 0 radical (unpaired) electrons. The Balaban J connectivity index is 2.20. The van der Waals surface area contributed by atoms with Gasteiger partial charge in [-0.15, -0.1) is 0 Å². The zero-order chi connectivity index (χ0) is 14.0. The highest BCUT2D eigenvalue weighted by Crippen LogP contribution is 2.19. The lowest BCUT2D eigenvalue weighted by Crippen LogP contribution is -2.17. The van der Waals surface area contributed by atoms with Crippen LogP contribution in [0.25, 0.3) is 11.1 Å². The maximum absolute atomic E-state index is 11.4. The maximum atomic E-state index is 11.4. The molecular weight excluding hydrogens is 242 g/mol. The van der Waals surface area contributed by atoms with Gasteiger partial charge in [-0.25, -0.2) is 4.79 Å². The summed E-state index contributed by atoms with van der Waals surface area (Å²) in [6.45, 7) is 4.64. The molecule has 0 saturated carbocycles. The van der Waals surface area contributed by atoms with Crippen molar-refractivity contribution in [3.63, 3.8) is 0 Å². The molecule has 5 heteroatoms. The van der Waals surface area contributed by atoms with Crippen molar-refractivity contribution in [1.82, 2.24) is 4.57 Å². The van der Waals surface area contributed by atoms with Gasteiger partial charge in [0.25, 0.3) is 0 Å². The molecule has 1 heterocycles. The second kappa shape index (κ2) is 5.19. The van der Waals surface area contributed by atoms with Gasteiger partial charge in [0.05, 0.1) is 17.5 Å². The molecule has 0 fully saturated rings. The third-order valence-corrected chi connectivity index (χ3v) is 3.29. The van der Waals surface area contributed by atoms with Crippen LogP contribution in [0.4, 0.5) is 5.69 Å². The lowest BCUT2D eigenvalue weighted by Gasteiger charge is -2.14. The number of benzene rings is 1. The Morgan fingerprint density at radius 1 is 1.47 bits per heavy atom. The SMILES string of the molecule is CC(C)C(C#N)CNc1ccc2oc(=O)n(C)c2c1. The van der Waals surface area contributed by atoms with E-state index in [-0.39, 0.29) is 11.7 Å². The van der Waals surface area contributed by atoms with Crippen LogP contribution in [0.15, 0.2) is 27.4 Å². The first kappa shape index (κ1) is 13.2. The number of nitrogens with one attached hydrogen (secondary N) is 1. The van der Waals surface area contributed by atoms with Crippen LogP contribution in [0.3, 0.4) is 0 Å². The van der Waals surface area contributed by atoms with Gasteiger partial charge in [0.1, 0.15) is 0 Å². The first-order valence-corrected chi connectivity index (χ1v) is 6.26. The van der Waals surface area contributed by atoms with Crippen molar-refractivity contribution in [2.45, 2.75) is 13.8 Å². The van der Waals surface area contributed by atoms with Crippen molar-refractivity contribution in [2.24, 2.45) is 18.9 Å². The highest BCUT2D eigenvalue weighted by Gasteiger charge is 2.12. The molecule has 0 aliphatic carbocycles. The molecule has 1 aromatic carbocycles. The molecule has 1 atom stereocenters. The van der Waals surface area contributed by atoms with Crippen molar-refractivity contribution in [3.05, 3.63) is 28.7 Å². The minimum absolute atomic E-state index is 0.0381. The van der Waals surface area contributed by atoms with Gasteiger partial charge in [-0.2, -0.15) is 5.26 Å². The van der Waals surface area contributed by atoms with E-state index >= 15 is 0 Å². The van der Waals surface area contributed by atoms with Crippen LogP contribution >= 0.6 is 0 Å². The summed E-state index contributed by atoms with van der Waals surface area (Å²) in [4.78, 5) is 11.4. The Morgan fingerprint density at radius 2 is 2.21 bits per heavy atom. The number of rotatable bonds is 4. The summed E-state index contributed by atoms with van der Waals surface area (Å²) in [6.07, 6.45) is 0. The third-order valence-electron chi connectivity index (χ3n) is 3.29. The molecule has 1 N–H and O–H groups in total. The molecule has 0 saturated heterocycles. The van der Waals surface area contributed by atoms with Gasteiger partial charge in [-0.05, 0) is 24.1 Å². The summed E-state index contributed by atoms with van der Waals surface area (Å²) in [7, 11) is 1.67. The van der Waals surface area contributed by atoms with Crippen molar-refractivity contribution in [2.75, 3.05) is 11.9 Å². The Labute approximate surface area is 111 Å². The topological polar surface area (TPSA) is 71.0 Å². The van der Waals surface area contributed by atoms with E-state index in [4.69, 9.17) is 9.68 Å². The van der Waals surface area contributed by atoms with E-state index in [9.17, 15) is 4.79 Å². The van der Waals surface area contributed by atoms with Gasteiger partial charge < -0.3 is 9.73 Å². The van der Waals surface area contributed by atoms with Gasteiger partial charge in [0.2, 0.25) is 0 Å². The highest BCUT2D eigenvalue weighted by molar-refractivity contribution is 5.77. The number of nitriles is 1. The molecule has 2 rings (SSSR count).